The summed E-state index contributed by atoms with van der Waals surface area (Å²) in [5.41, 5.74) is -1.08. The fraction of sp³-hybridized carbons (Fsp3) is 0.818. The molecule has 0 aromatic rings. The van der Waals surface area contributed by atoms with E-state index in [-0.39, 0.29) is 6.10 Å². The Labute approximate surface area is 95.4 Å². The number of carbonyl (C=O) groups excluding carboxylic acids is 1. The van der Waals surface area contributed by atoms with Gasteiger partial charge in [-0.15, -0.1) is 0 Å². The van der Waals surface area contributed by atoms with Crippen LogP contribution in [-0.4, -0.2) is 47.7 Å². The summed E-state index contributed by atoms with van der Waals surface area (Å²) >= 11 is 0. The zero-order valence-corrected chi connectivity index (χ0v) is 9.81. The quantitative estimate of drug-likeness (QED) is 0.710. The number of carboxylic acid groups (broad SMARTS) is 1. The van der Waals surface area contributed by atoms with Gasteiger partial charge in [0.25, 0.3) is 0 Å². The minimum atomic E-state index is -1.08. The van der Waals surface area contributed by atoms with Gasteiger partial charge in [-0.25, -0.2) is 4.79 Å². The zero-order valence-electron chi connectivity index (χ0n) is 9.81. The van der Waals surface area contributed by atoms with Gasteiger partial charge >= 0.3 is 5.97 Å². The van der Waals surface area contributed by atoms with Crippen molar-refractivity contribution in [3.63, 3.8) is 0 Å². The fourth-order valence-electron chi connectivity index (χ4n) is 2.21. The summed E-state index contributed by atoms with van der Waals surface area (Å²) in [6.45, 7) is 2.43. The van der Waals surface area contributed by atoms with E-state index in [0.717, 1.165) is 12.8 Å². The summed E-state index contributed by atoms with van der Waals surface area (Å²) in [7, 11) is 1.52. The molecule has 1 fully saturated rings. The van der Waals surface area contributed by atoms with Crippen molar-refractivity contribution < 1.29 is 19.4 Å². The summed E-state index contributed by atoms with van der Waals surface area (Å²) in [6, 6.07) is 0. The number of likely N-dealkylation sites (N-methyl/N-ethyl adjacent to an activating group) is 1. The Hall–Kier alpha value is -1.10. The normalized spacial score (nSPS) is 29.8. The molecule has 1 heterocycles. The second-order valence-corrected chi connectivity index (χ2v) is 4.29. The molecule has 1 amide bonds. The molecule has 0 spiro atoms. The molecule has 1 aliphatic heterocycles. The Morgan fingerprint density at radius 1 is 1.69 bits per heavy atom. The standard InChI is InChI=1S/C11H19NO4/c1-3-4-9-7-11(10(14)15,5-6-16-9)12(2)8-13/h8-9H,3-7H2,1-2H3,(H,14,15). The van der Waals surface area contributed by atoms with E-state index in [0.29, 0.717) is 25.9 Å². The van der Waals surface area contributed by atoms with Crippen molar-refractivity contribution in [2.45, 2.75) is 44.2 Å². The smallest absolute Gasteiger partial charge is 0.329 e. The van der Waals surface area contributed by atoms with Crippen molar-refractivity contribution in [2.75, 3.05) is 13.7 Å². The molecule has 0 saturated carbocycles. The van der Waals surface area contributed by atoms with Crippen molar-refractivity contribution in [1.29, 1.82) is 0 Å². The van der Waals surface area contributed by atoms with Gasteiger partial charge in [0.15, 0.2) is 0 Å². The van der Waals surface area contributed by atoms with Gasteiger partial charge in [-0.3, -0.25) is 4.79 Å². The molecular weight excluding hydrogens is 210 g/mol. The van der Waals surface area contributed by atoms with E-state index in [4.69, 9.17) is 4.74 Å². The topological polar surface area (TPSA) is 66.8 Å². The van der Waals surface area contributed by atoms with Gasteiger partial charge < -0.3 is 14.7 Å². The van der Waals surface area contributed by atoms with E-state index < -0.39 is 11.5 Å². The van der Waals surface area contributed by atoms with E-state index in [9.17, 15) is 14.7 Å². The van der Waals surface area contributed by atoms with E-state index >= 15 is 0 Å². The Bertz CT molecular complexity index is 267. The maximum Gasteiger partial charge on any atom is 0.329 e. The van der Waals surface area contributed by atoms with E-state index in [2.05, 4.69) is 0 Å². The van der Waals surface area contributed by atoms with Crippen LogP contribution in [0.25, 0.3) is 0 Å². The first-order valence-electron chi connectivity index (χ1n) is 5.60. The molecule has 0 aromatic carbocycles. The van der Waals surface area contributed by atoms with Crippen LogP contribution in [0.2, 0.25) is 0 Å². The summed E-state index contributed by atoms with van der Waals surface area (Å²) in [5.74, 6) is -0.938. The first-order valence-corrected chi connectivity index (χ1v) is 5.60. The lowest BCUT2D eigenvalue weighted by Crippen LogP contribution is -2.57. The molecular formula is C11H19NO4. The molecule has 2 atom stereocenters. The molecule has 1 aliphatic rings. The lowest BCUT2D eigenvalue weighted by atomic mass is 9.84. The average molecular weight is 229 g/mol. The van der Waals surface area contributed by atoms with Crippen LogP contribution in [0.4, 0.5) is 0 Å². The lowest BCUT2D eigenvalue weighted by molar-refractivity contribution is -0.164. The highest BCUT2D eigenvalue weighted by atomic mass is 16.5. The number of rotatable bonds is 5. The van der Waals surface area contributed by atoms with Gasteiger partial charge in [0.2, 0.25) is 6.41 Å². The van der Waals surface area contributed by atoms with E-state index in [1.54, 1.807) is 0 Å². The number of hydrogen-bond acceptors (Lipinski definition) is 3. The number of aliphatic carboxylic acids is 1. The third-order valence-corrected chi connectivity index (χ3v) is 3.28. The SMILES string of the molecule is CCCC1CC(C(=O)O)(N(C)C=O)CCO1. The predicted molar refractivity (Wildman–Crippen MR) is 58.1 cm³/mol. The van der Waals surface area contributed by atoms with Gasteiger partial charge in [0.1, 0.15) is 5.54 Å². The number of amides is 1. The maximum atomic E-state index is 11.4. The van der Waals surface area contributed by atoms with Gasteiger partial charge in [-0.05, 0) is 6.42 Å². The summed E-state index contributed by atoms with van der Waals surface area (Å²) in [4.78, 5) is 23.4. The van der Waals surface area contributed by atoms with Crippen molar-refractivity contribution in [1.82, 2.24) is 4.90 Å². The van der Waals surface area contributed by atoms with Crippen LogP contribution >= 0.6 is 0 Å². The largest absolute Gasteiger partial charge is 0.479 e. The van der Waals surface area contributed by atoms with E-state index in [1.807, 2.05) is 6.92 Å². The Morgan fingerprint density at radius 3 is 2.88 bits per heavy atom. The molecule has 5 nitrogen and oxygen atoms in total. The first kappa shape index (κ1) is 13.0. The molecule has 0 bridgehead atoms. The van der Waals surface area contributed by atoms with Crippen LogP contribution < -0.4 is 0 Å². The third kappa shape index (κ3) is 2.35. The Kier molecular flexibility index (Phi) is 4.29. The molecule has 92 valence electrons. The fourth-order valence-corrected chi connectivity index (χ4v) is 2.21. The third-order valence-electron chi connectivity index (χ3n) is 3.28. The highest BCUT2D eigenvalue weighted by Crippen LogP contribution is 2.31. The molecule has 1 rings (SSSR count). The molecule has 5 heteroatoms. The van der Waals surface area contributed by atoms with Crippen molar-refractivity contribution in [3.05, 3.63) is 0 Å². The summed E-state index contributed by atoms with van der Waals surface area (Å²) in [6.07, 6.45) is 3.05. The molecule has 0 radical (unpaired) electrons. The van der Waals surface area contributed by atoms with Crippen molar-refractivity contribution in [2.24, 2.45) is 0 Å². The second-order valence-electron chi connectivity index (χ2n) is 4.29. The maximum absolute atomic E-state index is 11.4. The van der Waals surface area contributed by atoms with Crippen LogP contribution in [0.5, 0.6) is 0 Å². The highest BCUT2D eigenvalue weighted by molar-refractivity contribution is 5.81. The summed E-state index contributed by atoms with van der Waals surface area (Å²) in [5, 5.41) is 9.32. The van der Waals surface area contributed by atoms with Gasteiger partial charge in [-0.1, -0.05) is 13.3 Å². The van der Waals surface area contributed by atoms with E-state index in [1.165, 1.54) is 11.9 Å². The Morgan fingerprint density at radius 2 is 2.38 bits per heavy atom. The predicted octanol–water partition coefficient (Wildman–Crippen LogP) is 0.877. The van der Waals surface area contributed by atoms with Gasteiger partial charge in [-0.2, -0.15) is 0 Å². The molecule has 16 heavy (non-hydrogen) atoms. The molecule has 2 unspecified atom stereocenters. The molecule has 1 saturated heterocycles. The van der Waals surface area contributed by atoms with Crippen LogP contribution in [0.1, 0.15) is 32.6 Å². The highest BCUT2D eigenvalue weighted by Gasteiger charge is 2.46. The van der Waals surface area contributed by atoms with Crippen LogP contribution in [0.15, 0.2) is 0 Å². The number of nitrogens with zero attached hydrogens (tertiary/aromatic N) is 1. The molecule has 1 N–H and O–H groups in total. The minimum Gasteiger partial charge on any atom is -0.479 e. The van der Waals surface area contributed by atoms with Crippen LogP contribution in [0.3, 0.4) is 0 Å². The minimum absolute atomic E-state index is 0.0581. The Balaban J connectivity index is 2.84. The number of hydrogen-bond donors (Lipinski definition) is 1. The number of ether oxygens (including phenoxy) is 1. The van der Waals surface area contributed by atoms with Crippen molar-refractivity contribution in [3.8, 4) is 0 Å². The van der Waals surface area contributed by atoms with Crippen molar-refractivity contribution >= 4 is 12.4 Å². The zero-order chi connectivity index (χ0) is 12.2. The summed E-state index contributed by atoms with van der Waals surface area (Å²) < 4.78 is 5.51. The average Bonchev–Trinajstić information content (AvgIpc) is 2.28. The molecule has 0 aliphatic carbocycles. The number of carboxylic acids is 1. The second kappa shape index (κ2) is 5.30. The van der Waals surface area contributed by atoms with Crippen LogP contribution in [-0.2, 0) is 14.3 Å². The van der Waals surface area contributed by atoms with Gasteiger partial charge in [0, 0.05) is 26.5 Å². The molecule has 0 aromatic heterocycles. The lowest BCUT2D eigenvalue weighted by Gasteiger charge is -2.42. The first-order chi connectivity index (χ1) is 7.56. The van der Waals surface area contributed by atoms with Crippen LogP contribution in [0, 0.1) is 0 Å². The van der Waals surface area contributed by atoms with Gasteiger partial charge in [0.05, 0.1) is 6.10 Å². The number of carbonyl (C=O) groups is 2. The monoisotopic (exact) mass is 229 g/mol.